The predicted octanol–water partition coefficient (Wildman–Crippen LogP) is 11.7. The molecule has 1 nitrogen and oxygen atoms in total. The Kier molecular flexibility index (Phi) is 18.3. The van der Waals surface area contributed by atoms with Gasteiger partial charge in [-0.15, -0.1) is 0 Å². The van der Waals surface area contributed by atoms with Crippen LogP contribution in [0.4, 0.5) is 0 Å². The quantitative estimate of drug-likeness (QED) is 0.111. The minimum absolute atomic E-state index is 0.00852. The monoisotopic (exact) mass is 1990 g/mol. The molecule has 0 heterocycles. The zero-order valence-electron chi connectivity index (χ0n) is 9.12. The number of hydrogen-bond acceptors (Lipinski definition) is 1. The highest BCUT2D eigenvalue weighted by Gasteiger charge is 2.73. The fraction of sp³-hybridized carbons (Fsp3) is 1.00. The largest absolute Gasteiger partial charge is 0.168 e. The topological polar surface area (TPSA) is 3.24 Å². The van der Waals surface area contributed by atoms with Crippen molar-refractivity contribution < 1.29 is 0 Å². The summed E-state index contributed by atoms with van der Waals surface area (Å²) in [6.45, 7) is 0. The van der Waals surface area contributed by atoms with E-state index in [1.165, 1.54) is 0 Å². The molecule has 0 N–H and O–H groups in total. The second kappa shape index (κ2) is 12.2. The van der Waals surface area contributed by atoms with Gasteiger partial charge < -0.3 is 0 Å². The van der Waals surface area contributed by atoms with Crippen LogP contribution < -0.4 is 0 Å². The van der Waals surface area contributed by atoms with Crippen molar-refractivity contribution in [2.24, 2.45) is 0 Å². The van der Waals surface area contributed by atoms with Crippen LogP contribution >= 0.6 is 339 Å². The number of halogens is 15. The van der Waals surface area contributed by atoms with Gasteiger partial charge in [-0.3, -0.25) is 0 Å². The van der Waals surface area contributed by atoms with Crippen molar-refractivity contribution in [3.63, 3.8) is 0 Å². The van der Waals surface area contributed by atoms with E-state index < -0.39 is 0 Å². The van der Waals surface area contributed by atoms with Gasteiger partial charge in [-0.2, -0.15) is 1.33 Å². The molecule has 22 heavy (non-hydrogen) atoms. The van der Waals surface area contributed by atoms with Crippen molar-refractivity contribution in [1.29, 1.82) is 0 Å². The minimum Gasteiger partial charge on any atom is -0.160 e. The van der Waals surface area contributed by atoms with Crippen LogP contribution in [-0.2, 0) is 0 Å². The first kappa shape index (κ1) is 32.9. The van der Waals surface area contributed by atoms with E-state index in [0.29, 0.717) is 0 Å². The maximum atomic E-state index is 2.68. The standard InChI is InChI=1S/C6I15N/c7-1(8,3(11,12)5(15,16)17)2(9,10)4(13,14)6(18,19)22(20)21. The first-order valence-corrected chi connectivity index (χ1v) is 20.2. The summed E-state index contributed by atoms with van der Waals surface area (Å²) in [5.74, 6) is 0. The molecule has 0 aromatic heterocycles. The van der Waals surface area contributed by atoms with Gasteiger partial charge in [0, 0.05) is 45.7 Å². The fourth-order valence-corrected chi connectivity index (χ4v) is 20.1. The molecule has 0 aromatic rings. The van der Waals surface area contributed by atoms with E-state index in [9.17, 15) is 0 Å². The van der Waals surface area contributed by atoms with Crippen LogP contribution in [0.3, 0.4) is 0 Å². The van der Waals surface area contributed by atoms with Gasteiger partial charge in [0.1, 0.15) is 5.15 Å². The molecule has 0 spiro atoms. The van der Waals surface area contributed by atoms with Crippen LogP contribution in [0.5, 0.6) is 0 Å². The van der Waals surface area contributed by atoms with Gasteiger partial charge in [0.2, 0.25) is 0 Å². The Morgan fingerprint density at radius 3 is 0.909 bits per heavy atom. The van der Waals surface area contributed by atoms with Crippen molar-refractivity contribution in [2.45, 2.75) is 6.70 Å². The van der Waals surface area contributed by atoms with Gasteiger partial charge in [-0.1, -0.05) is 248 Å². The lowest BCUT2D eigenvalue weighted by Crippen LogP contribution is -2.64. The molecule has 0 atom stereocenters. The van der Waals surface area contributed by atoms with Crippen molar-refractivity contribution in [3.8, 4) is 0 Å². The predicted molar refractivity (Wildman–Crippen MR) is 229 cm³/mol. The molecule has 0 saturated carbocycles. The lowest BCUT2D eigenvalue weighted by molar-refractivity contribution is 0.650. The molecule has 0 aliphatic rings. The third-order valence-corrected chi connectivity index (χ3v) is 47.9. The van der Waals surface area contributed by atoms with E-state index in [1.807, 2.05) is 0 Å². The van der Waals surface area contributed by atoms with Gasteiger partial charge in [-0.05, 0) is 45.2 Å². The normalized spacial score (nSPS) is 16.4. The average molecular weight is 1990 g/mol. The Morgan fingerprint density at radius 1 is 0.409 bits per heavy atom. The number of hydrogen-bond donors (Lipinski definition) is 0. The molecule has 0 fully saturated rings. The average Bonchev–Trinajstić information content (AvgIpc) is 2.25. The molecular weight excluding hydrogens is 1990 g/mol. The molecule has 0 rings (SSSR count). The molecule has 0 aromatic carbocycles. The smallest absolute Gasteiger partial charge is 0.160 e. The Morgan fingerprint density at radius 2 is 0.682 bits per heavy atom. The fourth-order valence-electron chi connectivity index (χ4n) is 0.867. The van der Waals surface area contributed by atoms with Crippen molar-refractivity contribution in [3.05, 3.63) is 0 Å². The Hall–Kier alpha value is 10.9. The summed E-state index contributed by atoms with van der Waals surface area (Å²) in [4.78, 5) is 0. The van der Waals surface area contributed by atoms with Gasteiger partial charge in [-0.25, -0.2) is 0 Å². The van der Waals surface area contributed by atoms with E-state index in [2.05, 4.69) is 341 Å². The highest BCUT2D eigenvalue weighted by Crippen LogP contribution is 2.76. The molecule has 0 unspecified atom stereocenters. The van der Waals surface area contributed by atoms with Crippen LogP contribution in [0.25, 0.3) is 0 Å². The van der Waals surface area contributed by atoms with Crippen molar-refractivity contribution in [2.75, 3.05) is 0 Å². The van der Waals surface area contributed by atoms with Gasteiger partial charge in [0.05, 0.1) is 0 Å². The summed E-state index contributed by atoms with van der Waals surface area (Å²) in [5, 5.41) is 0. The highest BCUT2D eigenvalue weighted by atomic mass is 127. The molecule has 0 aliphatic heterocycles. The SMILES string of the molecule is IN(I)C(I)(I)C(I)(I)C(I)(I)C(I)(I)C(I)(I)C(I)(I)I. The second-order valence-corrected chi connectivity index (χ2v) is 44.8. The maximum absolute atomic E-state index is 2.68. The van der Waals surface area contributed by atoms with E-state index in [1.54, 1.807) is 0 Å². The van der Waals surface area contributed by atoms with E-state index >= 15 is 0 Å². The Bertz CT molecular complexity index is 405. The van der Waals surface area contributed by atoms with Crippen LogP contribution in [0, 0.1) is 0 Å². The summed E-state index contributed by atoms with van der Waals surface area (Å²) >= 11 is 39.0. The Labute approximate surface area is 336 Å². The highest BCUT2D eigenvalue weighted by molar-refractivity contribution is 14.3. The van der Waals surface area contributed by atoms with Crippen molar-refractivity contribution in [1.82, 2.24) is 1.33 Å². The third kappa shape index (κ3) is 7.21. The van der Waals surface area contributed by atoms with Gasteiger partial charge in [0.25, 0.3) is 0 Å². The molecule has 0 amide bonds. The van der Waals surface area contributed by atoms with Crippen LogP contribution in [0.1, 0.15) is 0 Å². The first-order chi connectivity index (χ1) is 9.19. The first-order valence-electron chi connectivity index (χ1n) is 4.27. The van der Waals surface area contributed by atoms with Crippen LogP contribution in [-0.4, -0.2) is 8.03 Å². The molecule has 0 bridgehead atoms. The summed E-state index contributed by atoms with van der Waals surface area (Å²) < 4.78 is 2.35. The van der Waals surface area contributed by atoms with Crippen molar-refractivity contribution >= 4 is 339 Å². The summed E-state index contributed by atoms with van der Waals surface area (Å²) in [7, 11) is 0. The van der Waals surface area contributed by atoms with Gasteiger partial charge >= 0.3 is 0 Å². The molecule has 134 valence electrons. The Balaban J connectivity index is 6.24. The molecule has 16 heteroatoms. The zero-order valence-corrected chi connectivity index (χ0v) is 41.5. The zero-order chi connectivity index (χ0) is 18.6. The minimum atomic E-state index is -0.0391. The number of nitrogens with zero attached hydrogens (tertiary/aromatic N) is 1. The lowest BCUT2D eigenvalue weighted by Gasteiger charge is -2.55. The number of alkyl halides is 13. The maximum Gasteiger partial charge on any atom is 0.168 e. The summed E-state index contributed by atoms with van der Waals surface area (Å²) in [5.41, 5.74) is 0. The molecule has 0 radical (unpaired) electrons. The molecular formula is C6I15N. The van der Waals surface area contributed by atoms with E-state index in [4.69, 9.17) is 0 Å². The summed E-state index contributed by atoms with van der Waals surface area (Å²) in [6, 6.07) is 0. The van der Waals surface area contributed by atoms with Gasteiger partial charge in [0.15, 0.2) is 1.55 Å². The second-order valence-electron chi connectivity index (χ2n) is 3.57. The van der Waals surface area contributed by atoms with Crippen LogP contribution in [0.2, 0.25) is 0 Å². The molecule has 0 saturated heterocycles. The van der Waals surface area contributed by atoms with Crippen LogP contribution in [0.15, 0.2) is 0 Å². The van der Waals surface area contributed by atoms with E-state index in [0.717, 1.165) is 0 Å². The third-order valence-electron chi connectivity index (χ3n) is 2.13. The van der Waals surface area contributed by atoms with E-state index in [-0.39, 0.29) is 6.70 Å². The molecule has 0 aliphatic carbocycles. The lowest BCUT2D eigenvalue weighted by atomic mass is 10.2. The summed E-state index contributed by atoms with van der Waals surface area (Å²) in [6.07, 6.45) is 0. The number of rotatable bonds is 6.